The Bertz CT molecular complexity index is 576. The van der Waals surface area contributed by atoms with Crippen molar-refractivity contribution in [2.75, 3.05) is 0 Å². The van der Waals surface area contributed by atoms with Gasteiger partial charge < -0.3 is 4.74 Å². The van der Waals surface area contributed by atoms with Gasteiger partial charge in [-0.15, -0.1) is 11.8 Å². The zero-order valence-electron chi connectivity index (χ0n) is 11.3. The summed E-state index contributed by atoms with van der Waals surface area (Å²) in [6.07, 6.45) is 0. The third-order valence-electron chi connectivity index (χ3n) is 2.60. The lowest BCUT2D eigenvalue weighted by Gasteiger charge is -2.07. The van der Waals surface area contributed by atoms with E-state index in [0.29, 0.717) is 5.76 Å². The molecule has 0 N–H and O–H groups in total. The highest BCUT2D eigenvalue weighted by molar-refractivity contribution is 8.01. The zero-order chi connectivity index (χ0) is 14.2. The van der Waals surface area contributed by atoms with Crippen LogP contribution in [0.4, 0.5) is 0 Å². The number of esters is 1. The van der Waals surface area contributed by atoms with Gasteiger partial charge in [-0.1, -0.05) is 60.7 Å². The normalized spacial score (nSPS) is 11.2. The quantitative estimate of drug-likeness (QED) is 0.598. The van der Waals surface area contributed by atoms with Crippen LogP contribution in [0.15, 0.2) is 66.1 Å². The summed E-state index contributed by atoms with van der Waals surface area (Å²) in [4.78, 5) is 11.2. The molecule has 2 aromatic rings. The minimum Gasteiger partial charge on any atom is -0.426 e. The van der Waals surface area contributed by atoms with E-state index in [1.807, 2.05) is 53.9 Å². The number of hydrogen-bond acceptors (Lipinski definition) is 3. The van der Waals surface area contributed by atoms with Crippen molar-refractivity contribution in [3.63, 3.8) is 0 Å². The predicted molar refractivity (Wildman–Crippen MR) is 83.9 cm³/mol. The summed E-state index contributed by atoms with van der Waals surface area (Å²) in [6, 6.07) is 19.8. The smallest absolute Gasteiger partial charge is 0.308 e. The number of ether oxygens (including phenoxy) is 1. The van der Waals surface area contributed by atoms with E-state index in [-0.39, 0.29) is 5.97 Å². The first-order valence-electron chi connectivity index (χ1n) is 6.35. The third-order valence-corrected chi connectivity index (χ3v) is 3.48. The topological polar surface area (TPSA) is 26.3 Å². The van der Waals surface area contributed by atoms with Gasteiger partial charge in [0.05, 0.1) is 0 Å². The van der Waals surface area contributed by atoms with Crippen molar-refractivity contribution < 1.29 is 9.53 Å². The second kappa shape index (κ2) is 7.56. The highest BCUT2D eigenvalue weighted by atomic mass is 32.2. The Balaban J connectivity index is 2.07. The highest BCUT2D eigenvalue weighted by Gasteiger charge is 2.05. The summed E-state index contributed by atoms with van der Waals surface area (Å²) < 4.78 is 5.28. The van der Waals surface area contributed by atoms with Gasteiger partial charge in [0.1, 0.15) is 5.76 Å². The number of carbonyl (C=O) groups excluding carboxylic acids is 1. The van der Waals surface area contributed by atoms with Gasteiger partial charge >= 0.3 is 5.97 Å². The Kier molecular flexibility index (Phi) is 5.44. The van der Waals surface area contributed by atoms with Gasteiger partial charge in [0.15, 0.2) is 0 Å². The van der Waals surface area contributed by atoms with Gasteiger partial charge in [-0.3, -0.25) is 4.79 Å². The maximum Gasteiger partial charge on any atom is 0.308 e. The average Bonchev–Trinajstić information content (AvgIpc) is 2.48. The molecule has 2 aromatic carbocycles. The van der Waals surface area contributed by atoms with Gasteiger partial charge in [-0.2, -0.15) is 0 Å². The summed E-state index contributed by atoms with van der Waals surface area (Å²) in [5, 5.41) is 1.89. The monoisotopic (exact) mass is 284 g/mol. The fourth-order valence-electron chi connectivity index (χ4n) is 1.70. The van der Waals surface area contributed by atoms with Crippen LogP contribution in [0.25, 0.3) is 5.76 Å². The third kappa shape index (κ3) is 4.59. The van der Waals surface area contributed by atoms with Crippen molar-refractivity contribution in [1.29, 1.82) is 0 Å². The average molecular weight is 284 g/mol. The first-order chi connectivity index (χ1) is 9.75. The standard InChI is InChI=1S/C17H16O2S/c1-14(18)19-17(16-10-6-3-7-11-16)13-20-12-15-8-4-2-5-9-15/h2-11,13H,12H2,1H3/b17-13-. The summed E-state index contributed by atoms with van der Waals surface area (Å²) in [5.41, 5.74) is 2.15. The predicted octanol–water partition coefficient (Wildman–Crippen LogP) is 4.48. The molecule has 102 valence electrons. The molecule has 0 saturated carbocycles. The summed E-state index contributed by atoms with van der Waals surface area (Å²) in [7, 11) is 0. The van der Waals surface area contributed by atoms with Crippen molar-refractivity contribution in [2.24, 2.45) is 0 Å². The fourth-order valence-corrected chi connectivity index (χ4v) is 2.50. The molecule has 0 aliphatic heterocycles. The van der Waals surface area contributed by atoms with Gasteiger partial charge in [0.2, 0.25) is 0 Å². The Hall–Kier alpha value is -2.00. The van der Waals surface area contributed by atoms with E-state index in [9.17, 15) is 4.79 Å². The molecule has 0 amide bonds. The molecule has 2 nitrogen and oxygen atoms in total. The van der Waals surface area contributed by atoms with Crippen molar-refractivity contribution >= 4 is 23.5 Å². The fraction of sp³-hybridized carbons (Fsp3) is 0.118. The molecule has 0 atom stereocenters. The SMILES string of the molecule is CC(=O)O/C(=C\SCc1ccccc1)c1ccccc1. The minimum absolute atomic E-state index is 0.305. The van der Waals surface area contributed by atoms with Gasteiger partial charge in [-0.05, 0) is 5.56 Å². The molecule has 20 heavy (non-hydrogen) atoms. The van der Waals surface area contributed by atoms with Crippen LogP contribution in [0.5, 0.6) is 0 Å². The highest BCUT2D eigenvalue weighted by Crippen LogP contribution is 2.22. The molecular weight excluding hydrogens is 268 g/mol. The molecule has 2 rings (SSSR count). The van der Waals surface area contributed by atoms with Crippen LogP contribution in [0.2, 0.25) is 0 Å². The van der Waals surface area contributed by atoms with Crippen molar-refractivity contribution in [3.8, 4) is 0 Å². The van der Waals surface area contributed by atoms with Crippen LogP contribution in [-0.4, -0.2) is 5.97 Å². The van der Waals surface area contributed by atoms with Crippen molar-refractivity contribution in [2.45, 2.75) is 12.7 Å². The van der Waals surface area contributed by atoms with Gasteiger partial charge in [0, 0.05) is 23.6 Å². The molecule has 0 unspecified atom stereocenters. The van der Waals surface area contributed by atoms with E-state index in [1.165, 1.54) is 12.5 Å². The zero-order valence-corrected chi connectivity index (χ0v) is 12.1. The lowest BCUT2D eigenvalue weighted by Crippen LogP contribution is -1.98. The second-order valence-electron chi connectivity index (χ2n) is 4.24. The Morgan fingerprint density at radius 2 is 1.65 bits per heavy atom. The van der Waals surface area contributed by atoms with E-state index in [4.69, 9.17) is 4.74 Å². The van der Waals surface area contributed by atoms with E-state index < -0.39 is 0 Å². The minimum atomic E-state index is -0.305. The van der Waals surface area contributed by atoms with Crippen LogP contribution in [0, 0.1) is 0 Å². The Morgan fingerprint density at radius 3 is 2.25 bits per heavy atom. The summed E-state index contributed by atoms with van der Waals surface area (Å²) in [5.74, 6) is 1.14. The van der Waals surface area contributed by atoms with Gasteiger partial charge in [0.25, 0.3) is 0 Å². The molecule has 0 spiro atoms. The molecule has 0 bridgehead atoms. The summed E-state index contributed by atoms with van der Waals surface area (Å²) >= 11 is 1.61. The molecule has 0 radical (unpaired) electrons. The molecule has 0 aliphatic carbocycles. The number of rotatable bonds is 5. The molecular formula is C17H16O2S. The van der Waals surface area contributed by atoms with Crippen LogP contribution >= 0.6 is 11.8 Å². The molecule has 0 saturated heterocycles. The largest absolute Gasteiger partial charge is 0.426 e. The lowest BCUT2D eigenvalue weighted by atomic mass is 10.2. The number of hydrogen-bond donors (Lipinski definition) is 0. The van der Waals surface area contributed by atoms with Crippen molar-refractivity contribution in [3.05, 3.63) is 77.2 Å². The first-order valence-corrected chi connectivity index (χ1v) is 7.40. The van der Waals surface area contributed by atoms with E-state index in [2.05, 4.69) is 12.1 Å². The number of carbonyl (C=O) groups is 1. The van der Waals surface area contributed by atoms with Crippen LogP contribution in [-0.2, 0) is 15.3 Å². The van der Waals surface area contributed by atoms with E-state index in [0.717, 1.165) is 11.3 Å². The number of thioether (sulfide) groups is 1. The van der Waals surface area contributed by atoms with Crippen LogP contribution in [0.3, 0.4) is 0 Å². The van der Waals surface area contributed by atoms with Crippen LogP contribution in [0.1, 0.15) is 18.1 Å². The van der Waals surface area contributed by atoms with Gasteiger partial charge in [-0.25, -0.2) is 0 Å². The van der Waals surface area contributed by atoms with E-state index in [1.54, 1.807) is 11.8 Å². The van der Waals surface area contributed by atoms with Crippen LogP contribution < -0.4 is 0 Å². The van der Waals surface area contributed by atoms with Crippen molar-refractivity contribution in [1.82, 2.24) is 0 Å². The van der Waals surface area contributed by atoms with E-state index >= 15 is 0 Å². The lowest BCUT2D eigenvalue weighted by molar-refractivity contribution is -0.134. The molecule has 0 aliphatic rings. The number of benzene rings is 2. The molecule has 0 fully saturated rings. The molecule has 0 aromatic heterocycles. The first kappa shape index (κ1) is 14.4. The molecule has 0 heterocycles. The summed E-state index contributed by atoms with van der Waals surface area (Å²) in [6.45, 7) is 1.42. The second-order valence-corrected chi connectivity index (χ2v) is 5.10. The Morgan fingerprint density at radius 1 is 1.05 bits per heavy atom. The Labute approximate surface area is 123 Å². The maximum atomic E-state index is 11.2. The maximum absolute atomic E-state index is 11.2. The molecule has 3 heteroatoms.